The van der Waals surface area contributed by atoms with Crippen molar-refractivity contribution >= 4 is 33.0 Å². The summed E-state index contributed by atoms with van der Waals surface area (Å²) in [5, 5.41) is 0. The number of imidazole rings is 1. The quantitative estimate of drug-likeness (QED) is 0.708. The van der Waals surface area contributed by atoms with Crippen LogP contribution in [0.2, 0.25) is 0 Å². The molecule has 136 valence electrons. The molecule has 0 bridgehead atoms. The number of benzene rings is 1. The molecule has 3 heterocycles. The number of piperidine rings is 1. The van der Waals surface area contributed by atoms with Crippen LogP contribution in [0, 0.1) is 0 Å². The highest BCUT2D eigenvalue weighted by Gasteiger charge is 2.22. The summed E-state index contributed by atoms with van der Waals surface area (Å²) in [6.07, 6.45) is 3.42. The van der Waals surface area contributed by atoms with Crippen LogP contribution in [-0.4, -0.2) is 32.2 Å². The molecule has 0 radical (unpaired) electrons. The molecule has 0 unspecified atom stereocenters. The Morgan fingerprint density at radius 2 is 1.96 bits per heavy atom. The van der Waals surface area contributed by atoms with E-state index in [1.54, 1.807) is 7.05 Å². The van der Waals surface area contributed by atoms with Crippen molar-refractivity contribution in [3.05, 3.63) is 55.1 Å². The lowest BCUT2D eigenvalue weighted by Gasteiger charge is -2.28. The Morgan fingerprint density at radius 3 is 2.69 bits per heavy atom. The summed E-state index contributed by atoms with van der Waals surface area (Å²) in [7, 11) is 1.64. The molecular weight excluding hydrogens is 398 g/mol. The molecule has 1 fully saturated rings. The average molecular weight is 418 g/mol. The number of halogens is 1. The molecule has 2 aromatic heterocycles. The van der Waals surface area contributed by atoms with Gasteiger partial charge in [-0.2, -0.15) is 4.98 Å². The van der Waals surface area contributed by atoms with Crippen LogP contribution in [0.1, 0.15) is 24.8 Å². The summed E-state index contributed by atoms with van der Waals surface area (Å²) in [6.45, 7) is 2.34. The summed E-state index contributed by atoms with van der Waals surface area (Å²) < 4.78 is 4.32. The number of anilines is 1. The molecule has 0 saturated carbocycles. The first kappa shape index (κ1) is 17.1. The van der Waals surface area contributed by atoms with E-state index in [0.29, 0.717) is 17.7 Å². The highest BCUT2D eigenvalue weighted by atomic mass is 79.9. The third-order valence-electron chi connectivity index (χ3n) is 4.86. The van der Waals surface area contributed by atoms with Gasteiger partial charge in [0.15, 0.2) is 11.2 Å². The fraction of sp³-hybridized carbons (Fsp3) is 0.389. The van der Waals surface area contributed by atoms with E-state index in [0.717, 1.165) is 41.9 Å². The van der Waals surface area contributed by atoms with E-state index in [2.05, 4.69) is 25.8 Å². The molecule has 1 saturated heterocycles. The zero-order valence-corrected chi connectivity index (χ0v) is 16.1. The Labute approximate surface area is 158 Å². The van der Waals surface area contributed by atoms with E-state index in [1.165, 1.54) is 11.0 Å². The number of H-pyrrole nitrogens is 1. The van der Waals surface area contributed by atoms with Gasteiger partial charge in [0.1, 0.15) is 0 Å². The van der Waals surface area contributed by atoms with Crippen LogP contribution >= 0.6 is 15.9 Å². The number of rotatable bonds is 3. The van der Waals surface area contributed by atoms with Crippen molar-refractivity contribution < 1.29 is 0 Å². The van der Waals surface area contributed by atoms with Crippen molar-refractivity contribution in [3.63, 3.8) is 0 Å². The Morgan fingerprint density at radius 1 is 1.19 bits per heavy atom. The second-order valence-electron chi connectivity index (χ2n) is 6.67. The monoisotopic (exact) mass is 417 g/mol. The Bertz CT molecular complexity index is 1080. The zero-order valence-electron chi connectivity index (χ0n) is 14.5. The molecule has 0 amide bonds. The molecule has 26 heavy (non-hydrogen) atoms. The van der Waals surface area contributed by atoms with Crippen molar-refractivity contribution in [2.75, 3.05) is 18.0 Å². The number of nitrogens with one attached hydrogen (secondary N) is 1. The second kappa shape index (κ2) is 6.75. The fourth-order valence-corrected chi connectivity index (χ4v) is 3.97. The summed E-state index contributed by atoms with van der Waals surface area (Å²) in [4.78, 5) is 33.9. The molecule has 0 atom stereocenters. The lowest BCUT2D eigenvalue weighted by atomic mass is 10.1. The molecule has 1 N–H and O–H groups in total. The van der Waals surface area contributed by atoms with E-state index in [-0.39, 0.29) is 0 Å². The van der Waals surface area contributed by atoms with E-state index < -0.39 is 11.2 Å². The van der Waals surface area contributed by atoms with Crippen molar-refractivity contribution in [2.45, 2.75) is 25.8 Å². The number of fused-ring (bicyclic) bond motifs is 1. The summed E-state index contributed by atoms with van der Waals surface area (Å²) >= 11 is 3.50. The topological polar surface area (TPSA) is 75.9 Å². The first-order valence-corrected chi connectivity index (χ1v) is 9.53. The van der Waals surface area contributed by atoms with Crippen LogP contribution in [-0.2, 0) is 13.6 Å². The molecule has 8 heteroatoms. The average Bonchev–Trinajstić information content (AvgIpc) is 3.00. The van der Waals surface area contributed by atoms with Gasteiger partial charge in [0.05, 0.1) is 6.54 Å². The second-order valence-corrected chi connectivity index (χ2v) is 7.58. The fourth-order valence-electron chi connectivity index (χ4n) is 3.53. The van der Waals surface area contributed by atoms with E-state index >= 15 is 0 Å². The maximum Gasteiger partial charge on any atom is 0.329 e. The third-order valence-corrected chi connectivity index (χ3v) is 5.35. The first-order valence-electron chi connectivity index (χ1n) is 8.73. The Kier molecular flexibility index (Phi) is 4.44. The van der Waals surface area contributed by atoms with E-state index in [4.69, 9.17) is 4.98 Å². The van der Waals surface area contributed by atoms with Crippen molar-refractivity contribution in [2.24, 2.45) is 7.05 Å². The molecule has 1 aliphatic rings. The minimum atomic E-state index is -0.445. The number of aromatic nitrogens is 4. The molecule has 7 nitrogen and oxygen atoms in total. The number of hydrogen-bond acceptors (Lipinski definition) is 4. The number of nitrogens with zero attached hydrogens (tertiary/aromatic N) is 4. The molecule has 1 aliphatic heterocycles. The molecule has 3 aromatic rings. The largest absolute Gasteiger partial charge is 0.342 e. The zero-order chi connectivity index (χ0) is 18.3. The summed E-state index contributed by atoms with van der Waals surface area (Å²) in [6, 6.07) is 7.99. The first-order chi connectivity index (χ1) is 12.5. The van der Waals surface area contributed by atoms with Gasteiger partial charge >= 0.3 is 5.69 Å². The van der Waals surface area contributed by atoms with Gasteiger partial charge in [0, 0.05) is 24.6 Å². The van der Waals surface area contributed by atoms with Gasteiger partial charge in [-0.1, -0.05) is 28.1 Å². The van der Waals surface area contributed by atoms with Crippen LogP contribution in [0.5, 0.6) is 0 Å². The van der Waals surface area contributed by atoms with Gasteiger partial charge in [-0.3, -0.25) is 18.9 Å². The number of aryl methyl sites for hydroxylation is 1. The van der Waals surface area contributed by atoms with Gasteiger partial charge < -0.3 is 4.90 Å². The predicted molar refractivity (Wildman–Crippen MR) is 105 cm³/mol. The smallest absolute Gasteiger partial charge is 0.329 e. The maximum atomic E-state index is 12.6. The highest BCUT2D eigenvalue weighted by Crippen LogP contribution is 2.24. The van der Waals surface area contributed by atoms with Crippen molar-refractivity contribution in [1.82, 2.24) is 19.1 Å². The minimum absolute atomic E-state index is 0.395. The summed E-state index contributed by atoms with van der Waals surface area (Å²) in [5.74, 6) is 0.756. The van der Waals surface area contributed by atoms with Gasteiger partial charge in [0.2, 0.25) is 5.95 Å². The van der Waals surface area contributed by atoms with Gasteiger partial charge in [-0.05, 0) is 37.0 Å². The van der Waals surface area contributed by atoms with Crippen molar-refractivity contribution in [1.29, 1.82) is 0 Å². The van der Waals surface area contributed by atoms with E-state index in [9.17, 15) is 9.59 Å². The normalized spacial score (nSPS) is 14.9. The number of hydrogen-bond donors (Lipinski definition) is 1. The lowest BCUT2D eigenvalue weighted by Crippen LogP contribution is -2.32. The highest BCUT2D eigenvalue weighted by molar-refractivity contribution is 9.10. The van der Waals surface area contributed by atoms with E-state index in [1.807, 2.05) is 28.8 Å². The van der Waals surface area contributed by atoms with Crippen LogP contribution in [0.25, 0.3) is 11.2 Å². The molecule has 0 aliphatic carbocycles. The van der Waals surface area contributed by atoms with Crippen LogP contribution in [0.4, 0.5) is 5.95 Å². The van der Waals surface area contributed by atoms with Crippen molar-refractivity contribution in [3.8, 4) is 0 Å². The Balaban J connectivity index is 1.93. The van der Waals surface area contributed by atoms with Crippen LogP contribution in [0.15, 0.2) is 38.3 Å². The predicted octanol–water partition coefficient (Wildman–Crippen LogP) is 2.22. The van der Waals surface area contributed by atoms with Gasteiger partial charge in [0.25, 0.3) is 5.56 Å². The third kappa shape index (κ3) is 2.98. The number of aromatic amines is 1. The maximum absolute atomic E-state index is 12.6. The molecule has 1 aromatic carbocycles. The van der Waals surface area contributed by atoms with Crippen LogP contribution < -0.4 is 16.1 Å². The lowest BCUT2D eigenvalue weighted by molar-refractivity contribution is 0.560. The Hall–Kier alpha value is -2.35. The van der Waals surface area contributed by atoms with Gasteiger partial charge in [-0.25, -0.2) is 4.79 Å². The molecule has 0 spiro atoms. The SMILES string of the molecule is Cn1c(=O)[nH]c(=O)c2c1nc(N1CCCCC1)n2Cc1cccc(Br)c1. The van der Waals surface area contributed by atoms with Crippen LogP contribution in [0.3, 0.4) is 0 Å². The molecular formula is C18H20BrN5O2. The van der Waals surface area contributed by atoms with Gasteiger partial charge in [-0.15, -0.1) is 0 Å². The molecule has 4 rings (SSSR count). The minimum Gasteiger partial charge on any atom is -0.342 e. The summed E-state index contributed by atoms with van der Waals surface area (Å²) in [5.41, 5.74) is 1.08. The standard InChI is InChI=1S/C18H20BrN5O2/c1-22-15-14(16(25)21-18(22)26)24(11-12-6-5-7-13(19)10-12)17(20-15)23-8-3-2-4-9-23/h5-7,10H,2-4,8-9,11H2,1H3,(H,21,25,26).